The summed E-state index contributed by atoms with van der Waals surface area (Å²) in [6, 6.07) is 22.9. The second-order valence-corrected chi connectivity index (χ2v) is 12.4. The van der Waals surface area contributed by atoms with Gasteiger partial charge in [0.15, 0.2) is 11.5 Å². The number of rotatable bonds is 10. The molecule has 1 aromatic heterocycles. The molecule has 1 saturated heterocycles. The fourth-order valence-electron chi connectivity index (χ4n) is 4.80. The predicted octanol–water partition coefficient (Wildman–Crippen LogP) is 5.92. The zero-order chi connectivity index (χ0) is 28.0. The van der Waals surface area contributed by atoms with Gasteiger partial charge in [-0.25, -0.2) is 13.4 Å². The first-order chi connectivity index (χ1) is 19.5. The zero-order valence-electron chi connectivity index (χ0n) is 22.5. The molecule has 4 aromatic rings. The number of nitrogens with zero attached hydrogens (tertiary/aromatic N) is 3. The highest BCUT2D eigenvalue weighted by molar-refractivity contribution is 7.89. The fourth-order valence-corrected chi connectivity index (χ4v) is 6.94. The lowest BCUT2D eigenvalue weighted by Crippen LogP contribution is -2.38. The minimum Gasteiger partial charge on any atom is -0.493 e. The van der Waals surface area contributed by atoms with Crippen LogP contribution in [-0.4, -0.2) is 51.2 Å². The molecule has 5 rings (SSSR count). The molecule has 10 heteroatoms. The van der Waals surface area contributed by atoms with Gasteiger partial charge in [-0.2, -0.15) is 9.41 Å². The summed E-state index contributed by atoms with van der Waals surface area (Å²) in [7, 11) is -0.350. The molecular formula is C30H32N4O4S2. The Bertz CT molecular complexity index is 1550. The van der Waals surface area contributed by atoms with Crippen molar-refractivity contribution in [2.24, 2.45) is 11.0 Å². The Kier molecular flexibility index (Phi) is 8.78. The summed E-state index contributed by atoms with van der Waals surface area (Å²) in [5.74, 6) is 1.78. The number of methoxy groups -OCH3 is 2. The SMILES string of the molecule is COc1ccc(/C=N/Nc2nc(-c3ccc(S(=O)(=O)N4CCC(Cc5ccccc5)CC4)cc3)cs2)cc1OC. The Labute approximate surface area is 239 Å². The van der Waals surface area contributed by atoms with Crippen LogP contribution in [0.3, 0.4) is 0 Å². The van der Waals surface area contributed by atoms with Gasteiger partial charge in [0.25, 0.3) is 0 Å². The van der Waals surface area contributed by atoms with Crippen molar-refractivity contribution in [3.8, 4) is 22.8 Å². The van der Waals surface area contributed by atoms with Gasteiger partial charge in [-0.15, -0.1) is 11.3 Å². The average Bonchev–Trinajstić information content (AvgIpc) is 3.47. The molecule has 0 radical (unpaired) electrons. The van der Waals surface area contributed by atoms with Crippen LogP contribution in [0.2, 0.25) is 0 Å². The van der Waals surface area contributed by atoms with E-state index in [-0.39, 0.29) is 0 Å². The highest BCUT2D eigenvalue weighted by Gasteiger charge is 2.29. The van der Waals surface area contributed by atoms with Crippen LogP contribution in [0.5, 0.6) is 11.5 Å². The van der Waals surface area contributed by atoms with Gasteiger partial charge in [0, 0.05) is 24.0 Å². The van der Waals surface area contributed by atoms with Crippen molar-refractivity contribution in [1.82, 2.24) is 9.29 Å². The van der Waals surface area contributed by atoms with E-state index < -0.39 is 10.0 Å². The predicted molar refractivity (Wildman–Crippen MR) is 160 cm³/mol. The molecule has 1 aliphatic rings. The van der Waals surface area contributed by atoms with Crippen molar-refractivity contribution in [3.05, 3.63) is 89.3 Å². The monoisotopic (exact) mass is 576 g/mol. The smallest absolute Gasteiger partial charge is 0.243 e. The average molecular weight is 577 g/mol. The minimum atomic E-state index is -3.53. The summed E-state index contributed by atoms with van der Waals surface area (Å²) < 4.78 is 38.8. The Hall–Kier alpha value is -3.73. The number of ether oxygens (including phenoxy) is 2. The van der Waals surface area contributed by atoms with Gasteiger partial charge >= 0.3 is 0 Å². The van der Waals surface area contributed by atoms with Gasteiger partial charge < -0.3 is 9.47 Å². The first-order valence-corrected chi connectivity index (χ1v) is 15.4. The number of nitrogens with one attached hydrogen (secondary N) is 1. The Balaban J connectivity index is 1.17. The molecular weight excluding hydrogens is 544 g/mol. The van der Waals surface area contributed by atoms with Crippen LogP contribution in [0.4, 0.5) is 5.13 Å². The van der Waals surface area contributed by atoms with E-state index in [1.165, 1.54) is 16.9 Å². The van der Waals surface area contributed by atoms with Crippen molar-refractivity contribution in [2.75, 3.05) is 32.7 Å². The number of aromatic nitrogens is 1. The van der Waals surface area contributed by atoms with Gasteiger partial charge in [-0.3, -0.25) is 5.43 Å². The molecule has 0 unspecified atom stereocenters. The van der Waals surface area contributed by atoms with Crippen molar-refractivity contribution in [2.45, 2.75) is 24.2 Å². The minimum absolute atomic E-state index is 0.311. The van der Waals surface area contributed by atoms with Crippen LogP contribution in [0.15, 0.2) is 88.2 Å². The molecule has 0 aliphatic carbocycles. The quantitative estimate of drug-likeness (QED) is 0.186. The fraction of sp³-hybridized carbons (Fsp3) is 0.267. The summed E-state index contributed by atoms with van der Waals surface area (Å²) in [4.78, 5) is 4.90. The van der Waals surface area contributed by atoms with Crippen molar-refractivity contribution in [3.63, 3.8) is 0 Å². The maximum absolute atomic E-state index is 13.3. The molecule has 40 heavy (non-hydrogen) atoms. The van der Waals surface area contributed by atoms with Crippen molar-refractivity contribution >= 4 is 32.7 Å². The normalized spacial score (nSPS) is 14.8. The molecule has 1 aliphatic heterocycles. The van der Waals surface area contributed by atoms with Gasteiger partial charge in [-0.05, 0) is 66.6 Å². The van der Waals surface area contributed by atoms with Crippen LogP contribution < -0.4 is 14.9 Å². The zero-order valence-corrected chi connectivity index (χ0v) is 24.1. The van der Waals surface area contributed by atoms with E-state index in [4.69, 9.17) is 9.47 Å². The second kappa shape index (κ2) is 12.6. The summed E-state index contributed by atoms with van der Waals surface area (Å²) in [5.41, 5.74) is 6.70. The van der Waals surface area contributed by atoms with E-state index in [0.29, 0.717) is 40.5 Å². The number of anilines is 1. The van der Waals surface area contributed by atoms with Crippen LogP contribution in [0.25, 0.3) is 11.3 Å². The number of thiazole rings is 1. The Morgan fingerprint density at radius 1 is 1.00 bits per heavy atom. The molecule has 3 aromatic carbocycles. The number of sulfonamides is 1. The molecule has 0 bridgehead atoms. The highest BCUT2D eigenvalue weighted by atomic mass is 32.2. The molecule has 2 heterocycles. The lowest BCUT2D eigenvalue weighted by atomic mass is 9.91. The van der Waals surface area contributed by atoms with Crippen molar-refractivity contribution in [1.29, 1.82) is 0 Å². The van der Waals surface area contributed by atoms with E-state index in [1.54, 1.807) is 49.0 Å². The van der Waals surface area contributed by atoms with Crippen LogP contribution in [-0.2, 0) is 16.4 Å². The molecule has 1 fully saturated rings. The third kappa shape index (κ3) is 6.52. The lowest BCUT2D eigenvalue weighted by Gasteiger charge is -2.31. The topological polar surface area (TPSA) is 93.1 Å². The van der Waals surface area contributed by atoms with Gasteiger partial charge in [0.1, 0.15) is 0 Å². The molecule has 208 valence electrons. The Morgan fingerprint density at radius 3 is 2.42 bits per heavy atom. The van der Waals surface area contributed by atoms with E-state index >= 15 is 0 Å². The van der Waals surface area contributed by atoms with Crippen LogP contribution in [0, 0.1) is 5.92 Å². The van der Waals surface area contributed by atoms with E-state index in [2.05, 4.69) is 39.8 Å². The lowest BCUT2D eigenvalue weighted by molar-refractivity contribution is 0.273. The summed E-state index contributed by atoms with van der Waals surface area (Å²) in [6.45, 7) is 1.10. The van der Waals surface area contributed by atoms with Gasteiger partial charge in [0.2, 0.25) is 15.2 Å². The molecule has 0 spiro atoms. The molecule has 1 N–H and O–H groups in total. The summed E-state index contributed by atoms with van der Waals surface area (Å²) >= 11 is 1.42. The third-order valence-electron chi connectivity index (χ3n) is 7.01. The number of piperidine rings is 1. The number of hydrazone groups is 1. The van der Waals surface area contributed by atoms with E-state index in [9.17, 15) is 8.42 Å². The standard InChI is InChI=1S/C30H32N4O4S2/c1-37-28-13-8-24(19-29(28)38-2)20-31-33-30-32-27(21-39-30)25-9-11-26(12-10-25)40(35,36)34-16-14-23(15-17-34)18-22-6-4-3-5-7-22/h3-13,19-21,23H,14-18H2,1-2H3,(H,32,33)/b31-20+. The maximum atomic E-state index is 13.3. The first kappa shape index (κ1) is 27.8. The summed E-state index contributed by atoms with van der Waals surface area (Å²) in [6.07, 6.45) is 4.41. The summed E-state index contributed by atoms with van der Waals surface area (Å²) in [5, 5.41) is 6.81. The largest absolute Gasteiger partial charge is 0.493 e. The number of benzene rings is 3. The van der Waals surface area contributed by atoms with Crippen LogP contribution in [0.1, 0.15) is 24.0 Å². The highest BCUT2D eigenvalue weighted by Crippen LogP contribution is 2.30. The third-order valence-corrected chi connectivity index (χ3v) is 9.67. The van der Waals surface area contributed by atoms with E-state index in [0.717, 1.165) is 36.1 Å². The maximum Gasteiger partial charge on any atom is 0.243 e. The van der Waals surface area contributed by atoms with Crippen LogP contribution >= 0.6 is 11.3 Å². The number of hydrogen-bond acceptors (Lipinski definition) is 8. The molecule has 0 saturated carbocycles. The van der Waals surface area contributed by atoms with Crippen molar-refractivity contribution < 1.29 is 17.9 Å². The van der Waals surface area contributed by atoms with E-state index in [1.807, 2.05) is 29.6 Å². The van der Waals surface area contributed by atoms with Gasteiger partial charge in [0.05, 0.1) is 31.0 Å². The molecule has 0 amide bonds. The van der Waals surface area contributed by atoms with Gasteiger partial charge in [-0.1, -0.05) is 42.5 Å². The second-order valence-electron chi connectivity index (χ2n) is 9.58. The first-order valence-electron chi connectivity index (χ1n) is 13.1. The number of hydrogen-bond donors (Lipinski definition) is 1. The molecule has 0 atom stereocenters. The molecule has 8 nitrogen and oxygen atoms in total. The Morgan fingerprint density at radius 2 is 1.73 bits per heavy atom.